The van der Waals surface area contributed by atoms with E-state index in [0.717, 1.165) is 6.07 Å². The SMILES string of the molecule is CN(C)c1noc(-c2cc(F)cc(C=O)c2)n1. The maximum Gasteiger partial charge on any atom is 0.265 e. The Kier molecular flexibility index (Phi) is 2.86. The summed E-state index contributed by atoms with van der Waals surface area (Å²) in [4.78, 5) is 16.3. The predicted octanol–water partition coefficient (Wildman–Crippen LogP) is 1.75. The van der Waals surface area contributed by atoms with Gasteiger partial charge in [-0.2, -0.15) is 4.98 Å². The number of aromatic nitrogens is 2. The molecule has 88 valence electrons. The molecule has 0 aliphatic rings. The second-order valence-corrected chi connectivity index (χ2v) is 3.69. The summed E-state index contributed by atoms with van der Waals surface area (Å²) in [6.07, 6.45) is 0.565. The van der Waals surface area contributed by atoms with E-state index in [1.54, 1.807) is 19.0 Å². The van der Waals surface area contributed by atoms with Crippen molar-refractivity contribution in [3.63, 3.8) is 0 Å². The monoisotopic (exact) mass is 235 g/mol. The lowest BCUT2D eigenvalue weighted by atomic mass is 10.1. The Labute approximate surface area is 96.9 Å². The summed E-state index contributed by atoms with van der Waals surface area (Å²) < 4.78 is 18.2. The Balaban J connectivity index is 2.44. The largest absolute Gasteiger partial charge is 0.344 e. The molecule has 0 radical (unpaired) electrons. The Hall–Kier alpha value is -2.24. The van der Waals surface area contributed by atoms with Gasteiger partial charge in [0.05, 0.1) is 0 Å². The van der Waals surface area contributed by atoms with Crippen LogP contribution in [0.25, 0.3) is 11.5 Å². The number of halogens is 1. The van der Waals surface area contributed by atoms with Crippen LogP contribution < -0.4 is 4.90 Å². The van der Waals surface area contributed by atoms with Gasteiger partial charge in [0.25, 0.3) is 11.8 Å². The molecule has 0 aliphatic heterocycles. The van der Waals surface area contributed by atoms with Crippen LogP contribution in [0.1, 0.15) is 10.4 Å². The molecule has 2 aromatic rings. The summed E-state index contributed by atoms with van der Waals surface area (Å²) >= 11 is 0. The van der Waals surface area contributed by atoms with Gasteiger partial charge in [-0.15, -0.1) is 0 Å². The predicted molar refractivity (Wildman–Crippen MR) is 59.4 cm³/mol. The van der Waals surface area contributed by atoms with Crippen molar-refractivity contribution in [2.24, 2.45) is 0 Å². The highest BCUT2D eigenvalue weighted by atomic mass is 19.1. The molecule has 0 amide bonds. The maximum absolute atomic E-state index is 13.2. The third-order valence-corrected chi connectivity index (χ3v) is 2.12. The third kappa shape index (κ3) is 2.30. The van der Waals surface area contributed by atoms with Crippen LogP contribution in [0.2, 0.25) is 0 Å². The molecule has 0 atom stereocenters. The number of rotatable bonds is 3. The van der Waals surface area contributed by atoms with Crippen LogP contribution in [0.5, 0.6) is 0 Å². The van der Waals surface area contributed by atoms with Gasteiger partial charge in [-0.25, -0.2) is 4.39 Å². The summed E-state index contributed by atoms with van der Waals surface area (Å²) in [7, 11) is 3.52. The van der Waals surface area contributed by atoms with E-state index < -0.39 is 5.82 Å². The van der Waals surface area contributed by atoms with Crippen molar-refractivity contribution in [1.29, 1.82) is 0 Å². The molecule has 0 aliphatic carbocycles. The van der Waals surface area contributed by atoms with Crippen molar-refractivity contribution in [3.05, 3.63) is 29.6 Å². The van der Waals surface area contributed by atoms with Crippen molar-refractivity contribution in [2.75, 3.05) is 19.0 Å². The fraction of sp³-hybridized carbons (Fsp3) is 0.182. The molecule has 0 fully saturated rings. The zero-order valence-corrected chi connectivity index (χ0v) is 9.35. The number of hydrogen-bond acceptors (Lipinski definition) is 5. The molecule has 0 N–H and O–H groups in total. The van der Waals surface area contributed by atoms with E-state index >= 15 is 0 Å². The quantitative estimate of drug-likeness (QED) is 0.758. The van der Waals surface area contributed by atoms with Gasteiger partial charge in [0.15, 0.2) is 0 Å². The highest BCUT2D eigenvalue weighted by Gasteiger charge is 2.11. The van der Waals surface area contributed by atoms with Crippen LogP contribution in [-0.2, 0) is 0 Å². The summed E-state index contributed by atoms with van der Waals surface area (Å²) in [5.74, 6) is 0.0439. The minimum absolute atomic E-state index is 0.177. The highest BCUT2D eigenvalue weighted by Crippen LogP contribution is 2.21. The molecule has 6 heteroatoms. The Morgan fingerprint density at radius 3 is 2.71 bits per heavy atom. The lowest BCUT2D eigenvalue weighted by Crippen LogP contribution is -2.10. The molecule has 0 bridgehead atoms. The molecular weight excluding hydrogens is 225 g/mol. The Bertz CT molecular complexity index is 551. The van der Waals surface area contributed by atoms with Crippen molar-refractivity contribution in [3.8, 4) is 11.5 Å². The first-order chi connectivity index (χ1) is 8.10. The summed E-state index contributed by atoms with van der Waals surface area (Å²) in [6, 6.07) is 3.86. The first-order valence-corrected chi connectivity index (χ1v) is 4.87. The van der Waals surface area contributed by atoms with Crippen molar-refractivity contribution in [2.45, 2.75) is 0 Å². The van der Waals surface area contributed by atoms with Crippen LogP contribution in [0.15, 0.2) is 22.7 Å². The topological polar surface area (TPSA) is 59.2 Å². The molecule has 5 nitrogen and oxygen atoms in total. The smallest absolute Gasteiger partial charge is 0.265 e. The second-order valence-electron chi connectivity index (χ2n) is 3.69. The standard InChI is InChI=1S/C11H10FN3O2/c1-15(2)11-13-10(17-14-11)8-3-7(6-16)4-9(12)5-8/h3-6H,1-2H3. The van der Waals surface area contributed by atoms with E-state index in [0.29, 0.717) is 17.8 Å². The first kappa shape index (κ1) is 11.3. The van der Waals surface area contributed by atoms with Crippen LogP contribution >= 0.6 is 0 Å². The maximum atomic E-state index is 13.2. The molecule has 0 unspecified atom stereocenters. The van der Waals surface area contributed by atoms with Gasteiger partial charge >= 0.3 is 0 Å². The lowest BCUT2D eigenvalue weighted by molar-refractivity contribution is 0.112. The number of nitrogens with zero attached hydrogens (tertiary/aromatic N) is 3. The first-order valence-electron chi connectivity index (χ1n) is 4.87. The molecular formula is C11H10FN3O2. The lowest BCUT2D eigenvalue weighted by Gasteiger charge is -2.02. The normalized spacial score (nSPS) is 10.3. The van der Waals surface area contributed by atoms with Crippen molar-refractivity contribution >= 4 is 12.2 Å². The minimum Gasteiger partial charge on any atom is -0.344 e. The van der Waals surface area contributed by atoms with Crippen molar-refractivity contribution < 1.29 is 13.7 Å². The van der Waals surface area contributed by atoms with Gasteiger partial charge in [0, 0.05) is 25.2 Å². The van der Waals surface area contributed by atoms with Gasteiger partial charge in [0.1, 0.15) is 12.1 Å². The van der Waals surface area contributed by atoms with Crippen LogP contribution in [-0.4, -0.2) is 30.5 Å². The van der Waals surface area contributed by atoms with Crippen LogP contribution in [0.4, 0.5) is 10.3 Å². The Morgan fingerprint density at radius 1 is 1.35 bits per heavy atom. The highest BCUT2D eigenvalue weighted by molar-refractivity contribution is 5.77. The average molecular weight is 235 g/mol. The van der Waals surface area contributed by atoms with E-state index in [4.69, 9.17) is 4.52 Å². The minimum atomic E-state index is -0.519. The van der Waals surface area contributed by atoms with Gasteiger partial charge in [-0.1, -0.05) is 0 Å². The number of benzene rings is 1. The summed E-state index contributed by atoms with van der Waals surface area (Å²) in [5, 5.41) is 3.71. The molecule has 1 aromatic heterocycles. The molecule has 0 spiro atoms. The Morgan fingerprint density at radius 2 is 2.12 bits per heavy atom. The zero-order chi connectivity index (χ0) is 12.4. The van der Waals surface area contributed by atoms with Gasteiger partial charge in [0.2, 0.25) is 0 Å². The molecule has 0 saturated heterocycles. The van der Waals surface area contributed by atoms with E-state index in [1.165, 1.54) is 12.1 Å². The fourth-order valence-corrected chi connectivity index (χ4v) is 1.32. The summed E-state index contributed by atoms with van der Waals surface area (Å²) in [5.41, 5.74) is 0.609. The molecule has 1 heterocycles. The zero-order valence-electron chi connectivity index (χ0n) is 9.35. The number of anilines is 1. The molecule has 2 rings (SSSR count). The third-order valence-electron chi connectivity index (χ3n) is 2.12. The van der Waals surface area contributed by atoms with E-state index in [-0.39, 0.29) is 11.5 Å². The second kappa shape index (κ2) is 4.32. The number of aldehydes is 1. The van der Waals surface area contributed by atoms with Gasteiger partial charge < -0.3 is 9.42 Å². The van der Waals surface area contributed by atoms with E-state index in [9.17, 15) is 9.18 Å². The van der Waals surface area contributed by atoms with Gasteiger partial charge in [-0.05, 0) is 23.4 Å². The fourth-order valence-electron chi connectivity index (χ4n) is 1.32. The summed E-state index contributed by atoms with van der Waals surface area (Å²) in [6.45, 7) is 0. The number of hydrogen-bond donors (Lipinski definition) is 0. The van der Waals surface area contributed by atoms with E-state index in [1.807, 2.05) is 0 Å². The van der Waals surface area contributed by atoms with Gasteiger partial charge in [-0.3, -0.25) is 4.79 Å². The van der Waals surface area contributed by atoms with E-state index in [2.05, 4.69) is 10.1 Å². The number of carbonyl (C=O) groups excluding carboxylic acids is 1. The molecule has 1 aromatic carbocycles. The molecule has 0 saturated carbocycles. The molecule has 17 heavy (non-hydrogen) atoms. The van der Waals surface area contributed by atoms with Crippen LogP contribution in [0, 0.1) is 5.82 Å². The van der Waals surface area contributed by atoms with Crippen LogP contribution in [0.3, 0.4) is 0 Å². The average Bonchev–Trinajstić information content (AvgIpc) is 2.77. The number of carbonyl (C=O) groups is 1. The van der Waals surface area contributed by atoms with Crippen molar-refractivity contribution in [1.82, 2.24) is 10.1 Å².